The summed E-state index contributed by atoms with van der Waals surface area (Å²) < 4.78 is 0. The van der Waals surface area contributed by atoms with E-state index in [2.05, 4.69) is 79.7 Å². The third-order valence-electron chi connectivity index (χ3n) is 5.58. The van der Waals surface area contributed by atoms with Crippen LogP contribution in [0.15, 0.2) is 84.1 Å². The number of rotatable bonds is 3. The van der Waals surface area contributed by atoms with E-state index in [-0.39, 0.29) is 6.47 Å². The lowest BCUT2D eigenvalue weighted by atomic mass is 9.81. The number of benzene rings is 3. The Hall–Kier alpha value is -3.33. The van der Waals surface area contributed by atoms with Crippen LogP contribution in [0.25, 0.3) is 21.9 Å². The maximum absolute atomic E-state index is 11.2. The van der Waals surface area contributed by atoms with E-state index < -0.39 is 0 Å². The predicted octanol–water partition coefficient (Wildman–Crippen LogP) is 7.25. The zero-order valence-electron chi connectivity index (χ0n) is 17.3. The highest BCUT2D eigenvalue weighted by Gasteiger charge is 2.22. The number of hydrogen-bond acceptors (Lipinski definition) is 2. The molecule has 1 aliphatic carbocycles. The van der Waals surface area contributed by atoms with Crippen molar-refractivity contribution in [1.29, 1.82) is 0 Å². The van der Waals surface area contributed by atoms with Crippen LogP contribution >= 0.6 is 0 Å². The molecular weight excluding hydrogens is 372 g/mol. The summed E-state index contributed by atoms with van der Waals surface area (Å²) in [5.41, 5.74) is 6.03. The summed E-state index contributed by atoms with van der Waals surface area (Å²) >= 11 is 0. The highest BCUT2D eigenvalue weighted by Crippen LogP contribution is 2.42. The van der Waals surface area contributed by atoms with E-state index in [0.717, 1.165) is 43.2 Å². The van der Waals surface area contributed by atoms with Crippen molar-refractivity contribution in [3.05, 3.63) is 95.3 Å². The van der Waals surface area contributed by atoms with Crippen LogP contribution in [-0.2, 0) is 4.79 Å². The van der Waals surface area contributed by atoms with E-state index in [1.165, 1.54) is 27.5 Å². The first kappa shape index (κ1) is 21.4. The molecule has 3 aromatic rings. The van der Waals surface area contributed by atoms with Gasteiger partial charge in [-0.25, -0.2) is 0 Å². The van der Waals surface area contributed by atoms with Gasteiger partial charge in [0.05, 0.1) is 0 Å². The number of fused-ring (bicyclic) bond motifs is 1. The van der Waals surface area contributed by atoms with Crippen molar-refractivity contribution in [2.75, 3.05) is 0 Å². The molecule has 0 atom stereocenters. The minimum Gasteiger partial charge on any atom is -0.512 e. The summed E-state index contributed by atoms with van der Waals surface area (Å²) in [5.74, 6) is 0.524. The maximum Gasteiger partial charge on any atom is 0.290 e. The fourth-order valence-electron chi connectivity index (χ4n) is 4.24. The van der Waals surface area contributed by atoms with Crippen LogP contribution in [0.1, 0.15) is 50.2 Å². The minimum atomic E-state index is -0.250. The number of allylic oxidation sites excluding steroid dienone is 4. The molecule has 0 bridgehead atoms. The third-order valence-corrected chi connectivity index (χ3v) is 5.58. The highest BCUT2D eigenvalue weighted by atomic mass is 16.3. The Morgan fingerprint density at radius 1 is 0.833 bits per heavy atom. The van der Waals surface area contributed by atoms with E-state index in [9.17, 15) is 5.11 Å². The normalized spacial score (nSPS) is 14.6. The van der Waals surface area contributed by atoms with Gasteiger partial charge in [-0.05, 0) is 53.2 Å². The Morgan fingerprint density at radius 3 is 2.20 bits per heavy atom. The van der Waals surface area contributed by atoms with Crippen molar-refractivity contribution >= 4 is 28.4 Å². The van der Waals surface area contributed by atoms with Crippen LogP contribution < -0.4 is 0 Å². The van der Waals surface area contributed by atoms with Crippen LogP contribution in [0.3, 0.4) is 0 Å². The lowest BCUT2D eigenvalue weighted by molar-refractivity contribution is -0.122. The van der Waals surface area contributed by atoms with Crippen molar-refractivity contribution in [2.45, 2.75) is 39.0 Å². The molecule has 3 nitrogen and oxygen atoms in total. The first-order valence-electron chi connectivity index (χ1n) is 10.5. The van der Waals surface area contributed by atoms with Gasteiger partial charge in [-0.3, -0.25) is 4.79 Å². The van der Waals surface area contributed by atoms with Gasteiger partial charge in [-0.15, -0.1) is 0 Å². The Balaban J connectivity index is 0.000000806. The molecular formula is C27H28O3. The van der Waals surface area contributed by atoms with Crippen molar-refractivity contribution in [3.63, 3.8) is 0 Å². The van der Waals surface area contributed by atoms with E-state index in [0.29, 0.717) is 5.76 Å². The average molecular weight is 401 g/mol. The van der Waals surface area contributed by atoms with Crippen LogP contribution in [0.4, 0.5) is 0 Å². The van der Waals surface area contributed by atoms with Crippen molar-refractivity contribution in [1.82, 2.24) is 0 Å². The zero-order chi connectivity index (χ0) is 21.3. The largest absolute Gasteiger partial charge is 0.512 e. The van der Waals surface area contributed by atoms with Gasteiger partial charge in [0.15, 0.2) is 0 Å². The second kappa shape index (κ2) is 10.4. The molecule has 0 amide bonds. The van der Waals surface area contributed by atoms with Crippen LogP contribution in [0, 0.1) is 0 Å². The maximum atomic E-state index is 11.2. The van der Waals surface area contributed by atoms with Gasteiger partial charge in [-0.1, -0.05) is 85.3 Å². The van der Waals surface area contributed by atoms with Gasteiger partial charge in [-0.2, -0.15) is 0 Å². The van der Waals surface area contributed by atoms with Gasteiger partial charge in [0.2, 0.25) is 0 Å². The fraction of sp³-hybridized carbons (Fsp3) is 0.222. The fourth-order valence-corrected chi connectivity index (χ4v) is 4.24. The number of carboxylic acid groups (broad SMARTS) is 1. The zero-order valence-corrected chi connectivity index (χ0v) is 17.3. The Labute approximate surface area is 178 Å². The van der Waals surface area contributed by atoms with Crippen molar-refractivity contribution in [3.8, 4) is 0 Å². The SMILES string of the molecule is CCC1=C(c2ccccc2)C(c2cccc3ccccc23)=C(O)CCCC1.O=CO. The molecule has 4 rings (SSSR count). The number of aliphatic hydroxyl groups is 1. The van der Waals surface area contributed by atoms with Gasteiger partial charge in [0, 0.05) is 12.0 Å². The van der Waals surface area contributed by atoms with Crippen molar-refractivity contribution < 1.29 is 15.0 Å². The number of aliphatic hydroxyl groups excluding tert-OH is 1. The molecule has 0 heterocycles. The van der Waals surface area contributed by atoms with E-state index in [1.807, 2.05) is 0 Å². The molecule has 0 fully saturated rings. The summed E-state index contributed by atoms with van der Waals surface area (Å²) in [6.07, 6.45) is 5.01. The minimum absolute atomic E-state index is 0.250. The van der Waals surface area contributed by atoms with Crippen LogP contribution in [0.5, 0.6) is 0 Å². The molecule has 2 N–H and O–H groups in total. The number of carbonyl (C=O) groups is 1. The first-order valence-corrected chi connectivity index (χ1v) is 10.5. The molecule has 0 radical (unpaired) electrons. The second-order valence-electron chi connectivity index (χ2n) is 7.36. The molecule has 1 aliphatic rings. The van der Waals surface area contributed by atoms with Crippen LogP contribution in [-0.4, -0.2) is 16.7 Å². The Morgan fingerprint density at radius 2 is 1.47 bits per heavy atom. The molecule has 0 aromatic heterocycles. The highest BCUT2D eigenvalue weighted by molar-refractivity contribution is 6.12. The monoisotopic (exact) mass is 400 g/mol. The molecule has 3 aromatic carbocycles. The quantitative estimate of drug-likeness (QED) is 0.455. The third kappa shape index (κ3) is 4.62. The Bertz CT molecular complexity index is 1060. The van der Waals surface area contributed by atoms with E-state index >= 15 is 0 Å². The lowest BCUT2D eigenvalue weighted by Crippen LogP contribution is -2.04. The van der Waals surface area contributed by atoms with E-state index in [4.69, 9.17) is 9.90 Å². The first-order chi connectivity index (χ1) is 14.7. The molecule has 0 saturated heterocycles. The summed E-state index contributed by atoms with van der Waals surface area (Å²) in [4.78, 5) is 8.36. The second-order valence-corrected chi connectivity index (χ2v) is 7.36. The van der Waals surface area contributed by atoms with Crippen molar-refractivity contribution in [2.24, 2.45) is 0 Å². The molecule has 3 heteroatoms. The molecule has 0 aliphatic heterocycles. The summed E-state index contributed by atoms with van der Waals surface area (Å²) in [6.45, 7) is 1.98. The molecule has 30 heavy (non-hydrogen) atoms. The van der Waals surface area contributed by atoms with Crippen LogP contribution in [0.2, 0.25) is 0 Å². The smallest absolute Gasteiger partial charge is 0.290 e. The molecule has 0 saturated carbocycles. The predicted molar refractivity (Wildman–Crippen MR) is 124 cm³/mol. The lowest BCUT2D eigenvalue weighted by Gasteiger charge is -2.23. The standard InChI is InChI=1S/C26H26O.CH2O2/c1-2-19-11-7-9-18-24(27)26(25(19)21-13-4-3-5-14-21)23-17-10-15-20-12-6-8-16-22(20)23;2-1-3/h3-6,8,10,12-17,27H,2,7,9,11,18H2,1H3;1H,(H,2,3). The van der Waals surface area contributed by atoms with Gasteiger partial charge in [0.25, 0.3) is 6.47 Å². The molecule has 154 valence electrons. The molecule has 0 unspecified atom stereocenters. The van der Waals surface area contributed by atoms with Gasteiger partial charge >= 0.3 is 0 Å². The topological polar surface area (TPSA) is 57.5 Å². The number of hydrogen-bond donors (Lipinski definition) is 2. The summed E-state index contributed by atoms with van der Waals surface area (Å²) in [7, 11) is 0. The summed E-state index contributed by atoms with van der Waals surface area (Å²) in [5, 5.41) is 20.5. The van der Waals surface area contributed by atoms with E-state index in [1.54, 1.807) is 0 Å². The summed E-state index contributed by atoms with van der Waals surface area (Å²) in [6, 6.07) is 25.4. The van der Waals surface area contributed by atoms with Gasteiger partial charge in [0.1, 0.15) is 5.76 Å². The Kier molecular flexibility index (Phi) is 7.45. The van der Waals surface area contributed by atoms with Gasteiger partial charge < -0.3 is 10.2 Å². The molecule has 0 spiro atoms. The average Bonchev–Trinajstić information content (AvgIpc) is 2.77.